The quantitative estimate of drug-likeness (QED) is 0.0247. The summed E-state index contributed by atoms with van der Waals surface area (Å²) in [4.78, 5) is 283. The maximum absolute atomic E-state index is 15.6. The van der Waals surface area contributed by atoms with Crippen LogP contribution in [0.5, 0.6) is 5.75 Å². The van der Waals surface area contributed by atoms with Crippen molar-refractivity contribution in [2.75, 3.05) is 0 Å². The Labute approximate surface area is 802 Å². The number of aromatic amines is 1. The molecule has 19 amide bonds. The molecule has 4 aromatic rings. The van der Waals surface area contributed by atoms with Gasteiger partial charge in [0.1, 0.15) is 107 Å². The first-order valence-electron chi connectivity index (χ1n) is 46.5. The summed E-state index contributed by atoms with van der Waals surface area (Å²) in [5.74, 6) is -19.7. The molecular weight excluding hydrogens is 1790 g/mol. The number of allylic oxidation sites excluding steroid dienone is 2. The molecule has 2 heterocycles. The number of carboxylic acids is 1. The van der Waals surface area contributed by atoms with Crippen molar-refractivity contribution >= 4 is 129 Å². The van der Waals surface area contributed by atoms with E-state index in [1.807, 2.05) is 12.2 Å². The van der Waals surface area contributed by atoms with E-state index in [-0.39, 0.29) is 75.4 Å². The topological polar surface area (TPSA) is 674 Å². The summed E-state index contributed by atoms with van der Waals surface area (Å²) in [7, 11) is 0. The molecule has 0 aliphatic carbocycles. The first-order chi connectivity index (χ1) is 64.8. The summed E-state index contributed by atoms with van der Waals surface area (Å²) in [6.45, 7) is 21.2. The van der Waals surface area contributed by atoms with Gasteiger partial charge in [0, 0.05) is 56.1 Å². The molecule has 138 heavy (non-hydrogen) atoms. The third-order valence-corrected chi connectivity index (χ3v) is 23.1. The molecule has 43 nitrogen and oxygen atoms in total. The number of aliphatic hydroxyl groups is 1. The lowest BCUT2D eigenvalue weighted by molar-refractivity contribution is -0.140. The van der Waals surface area contributed by atoms with Gasteiger partial charge in [-0.05, 0) is 180 Å². The fraction of sp³-hybridized carbons (Fsp3) is 0.558. The molecule has 0 saturated carbocycles. The van der Waals surface area contributed by atoms with E-state index in [1.165, 1.54) is 100 Å². The molecule has 0 fully saturated rings. The van der Waals surface area contributed by atoms with Crippen LogP contribution in [0.3, 0.4) is 0 Å². The number of para-hydroxylation sites is 1. The highest BCUT2D eigenvalue weighted by molar-refractivity contribution is 6.03. The SMILES string of the molecule is CC(=O)N[C@@H](CC(C)C)C(=O)N[C@H](C(=O)N[C@@H](Cc1ccccc1)C(=O)N[C@]1(C)CCCCCC/C=C/CCC[C@@](C)(C(=O)N[C@@H](C)C(=O)N[C@@H](C)C(=O)N[C@@H](C)C(=O)N[C@@H](C)C(=O)N[C@@H](C)C(=O)N[C@H](C)C(N)=O)NC(=O)C(CC(C)C)NC(=O)[C@H](CCC(N)=O)NC(=O)[C@H](C)NC(=O)[C@H](Cc2c[nH]c3ccccc23)NC(=O)[C@H](Cc2ccc(O)cc2)NC(=O)[C@H](CCC(=O)O)NC1=O)[C@@H](C)O. The van der Waals surface area contributed by atoms with Crippen LogP contribution in [0.1, 0.15) is 217 Å². The van der Waals surface area contributed by atoms with Gasteiger partial charge in [0.2, 0.25) is 112 Å². The summed E-state index contributed by atoms with van der Waals surface area (Å²) in [6, 6.07) is -1.45. The van der Waals surface area contributed by atoms with Gasteiger partial charge in [0.05, 0.1) is 6.10 Å². The number of nitrogens with two attached hydrogens (primary N) is 2. The molecular formula is C95H140N20O23. The van der Waals surface area contributed by atoms with Gasteiger partial charge in [-0.3, -0.25) is 95.9 Å². The van der Waals surface area contributed by atoms with Crippen LogP contribution >= 0.6 is 0 Å². The van der Waals surface area contributed by atoms with Gasteiger partial charge in [-0.15, -0.1) is 0 Å². The average Bonchev–Trinajstić information content (AvgIpc) is 1.57. The summed E-state index contributed by atoms with van der Waals surface area (Å²) in [5, 5.41) is 76.0. The number of rotatable bonds is 37. The summed E-state index contributed by atoms with van der Waals surface area (Å²) >= 11 is 0. The number of phenols is 1. The Morgan fingerprint density at radius 2 is 0.957 bits per heavy atom. The zero-order chi connectivity index (χ0) is 103. The number of phenolic OH excluding ortho intramolecular Hbond substituents is 1. The molecule has 18 atom stereocenters. The average molecular weight is 1930 g/mol. The lowest BCUT2D eigenvalue weighted by atomic mass is 9.91. The van der Waals surface area contributed by atoms with Crippen molar-refractivity contribution in [2.45, 2.75) is 327 Å². The number of H-pyrrole nitrogens is 1. The zero-order valence-electron chi connectivity index (χ0n) is 81.0. The molecule has 1 aromatic heterocycles. The molecule has 5 rings (SSSR count). The maximum Gasteiger partial charge on any atom is 0.303 e. The smallest absolute Gasteiger partial charge is 0.303 e. The molecule has 758 valence electrons. The Bertz CT molecular complexity index is 4970. The van der Waals surface area contributed by atoms with Gasteiger partial charge >= 0.3 is 5.97 Å². The van der Waals surface area contributed by atoms with Crippen molar-refractivity contribution in [1.82, 2.24) is 95.4 Å². The number of aliphatic hydroxyl groups excluding tert-OH is 1. The largest absolute Gasteiger partial charge is 0.508 e. The van der Waals surface area contributed by atoms with Gasteiger partial charge in [0.15, 0.2) is 0 Å². The number of fused-ring (bicyclic) bond motifs is 1. The number of hydrogen-bond donors (Lipinski definition) is 23. The lowest BCUT2D eigenvalue weighted by Gasteiger charge is -2.34. The third kappa shape index (κ3) is 38.3. The Morgan fingerprint density at radius 1 is 0.464 bits per heavy atom. The summed E-state index contributed by atoms with van der Waals surface area (Å²) in [5.41, 5.74) is 8.67. The Morgan fingerprint density at radius 3 is 1.49 bits per heavy atom. The van der Waals surface area contributed by atoms with E-state index in [0.29, 0.717) is 53.3 Å². The highest BCUT2D eigenvalue weighted by atomic mass is 16.4. The second-order valence-electron chi connectivity index (χ2n) is 36.6. The molecule has 0 radical (unpaired) electrons. The summed E-state index contributed by atoms with van der Waals surface area (Å²) < 4.78 is 0. The van der Waals surface area contributed by atoms with Crippen LogP contribution in [0.2, 0.25) is 0 Å². The highest BCUT2D eigenvalue weighted by Crippen LogP contribution is 2.25. The van der Waals surface area contributed by atoms with Crippen LogP contribution in [0.25, 0.3) is 10.9 Å². The second-order valence-corrected chi connectivity index (χ2v) is 36.6. The zero-order valence-corrected chi connectivity index (χ0v) is 81.0. The molecule has 43 heteroatoms. The van der Waals surface area contributed by atoms with Crippen molar-refractivity contribution in [1.29, 1.82) is 0 Å². The number of carboxylic acid groups (broad SMARTS) is 1. The van der Waals surface area contributed by atoms with E-state index in [2.05, 4.69) is 95.4 Å². The highest BCUT2D eigenvalue weighted by Gasteiger charge is 2.44. The first kappa shape index (κ1) is 115. The van der Waals surface area contributed by atoms with E-state index in [1.54, 1.807) is 88.5 Å². The van der Waals surface area contributed by atoms with Crippen molar-refractivity contribution in [3.63, 3.8) is 0 Å². The third-order valence-electron chi connectivity index (χ3n) is 23.1. The van der Waals surface area contributed by atoms with Crippen LogP contribution in [0, 0.1) is 11.8 Å². The number of hydrogen-bond acceptors (Lipinski definition) is 22. The molecule has 0 saturated heterocycles. The van der Waals surface area contributed by atoms with Gasteiger partial charge in [-0.25, -0.2) is 0 Å². The van der Waals surface area contributed by atoms with Crippen LogP contribution in [-0.2, 0) is 115 Å². The van der Waals surface area contributed by atoms with Gasteiger partial charge in [0.25, 0.3) is 0 Å². The van der Waals surface area contributed by atoms with E-state index < -0.39 is 258 Å². The van der Waals surface area contributed by atoms with Crippen LogP contribution in [0.15, 0.2) is 97.2 Å². The summed E-state index contributed by atoms with van der Waals surface area (Å²) in [6.07, 6.45) is 2.39. The van der Waals surface area contributed by atoms with E-state index >= 15 is 28.8 Å². The number of benzene rings is 3. The standard InChI is InChI=1S/C95H140N20O23/c1-50(2)44-69(106-60(13)117)88(133)113-76(59(12)116)91(136)111-72(46-61-30-24-23-25-31-61)90(135)115-95(15)43-29-22-20-18-16-17-19-21-28-42-94(14,92(137)105-58(11)82(127)103-56(9)81(126)102-55(8)80(125)101-54(7)79(124)100-53(6)78(123)99-52(5)77(97)122)114-89(134)70(45-51(3)4)108-84(129)67(38-40-74(96)119)107-83(128)57(10)104-86(131)73(48-63-49-98-66-33-27-26-32-65(63)66)110-87(132)71(47-62-34-36-64(118)37-35-62)109-85(130)68(112-93(95)138)39-41-75(120)121/h17,19,23-27,30-37,49-59,67-73,76,98,116,118H,16,18,20-22,28-29,38-48H2,1-15H3,(H2,96,119)(H2,97,122)(H,99,123)(H,100,124)(H,101,125)(H,102,126)(H,103,127)(H,104,131)(H,105,137)(H,106,117)(H,107,128)(H,108,129)(H,109,130)(H,110,132)(H,111,136)(H,112,138)(H,113,133)(H,114,134)(H,115,135)(H,120,121)/b19-17+/t52-,53+,54+,55+,56+,57+,58+,59-,67+,68+,69+,70?,71+,72+,73+,76+,94+,95-/m1/s1. The predicted octanol–water partition coefficient (Wildman–Crippen LogP) is -0.748. The number of aliphatic carboxylic acids is 1. The maximum atomic E-state index is 15.6. The van der Waals surface area contributed by atoms with Crippen LogP contribution in [-0.4, -0.2) is 246 Å². The first-order valence-corrected chi connectivity index (χ1v) is 46.5. The molecule has 1 unspecified atom stereocenters. The molecule has 0 spiro atoms. The minimum absolute atomic E-state index is 0.107. The Kier molecular flexibility index (Phi) is 46.0. The monoisotopic (exact) mass is 1930 g/mol. The van der Waals surface area contributed by atoms with E-state index in [9.17, 15) is 82.4 Å². The van der Waals surface area contributed by atoms with Crippen LogP contribution < -0.4 is 102 Å². The normalized spacial score (nSPS) is 21.9. The van der Waals surface area contributed by atoms with Crippen molar-refractivity contribution in [3.8, 4) is 5.75 Å². The van der Waals surface area contributed by atoms with Crippen molar-refractivity contribution < 1.29 is 111 Å². The van der Waals surface area contributed by atoms with Gasteiger partial charge < -0.3 is 122 Å². The number of nitrogens with one attached hydrogen (secondary N) is 18. The molecule has 25 N–H and O–H groups in total. The number of aromatic hydroxyl groups is 1. The van der Waals surface area contributed by atoms with E-state index in [4.69, 9.17) is 11.5 Å². The Balaban J connectivity index is 1.58. The number of primary amides is 2. The fourth-order valence-electron chi connectivity index (χ4n) is 14.9. The molecule has 3 aromatic carbocycles. The van der Waals surface area contributed by atoms with Crippen LogP contribution in [0.4, 0.5) is 0 Å². The fourth-order valence-corrected chi connectivity index (χ4v) is 14.9. The van der Waals surface area contributed by atoms with Gasteiger partial charge in [-0.1, -0.05) is 120 Å². The number of aromatic nitrogens is 1. The number of amides is 19. The van der Waals surface area contributed by atoms with Crippen molar-refractivity contribution in [2.24, 2.45) is 23.3 Å². The van der Waals surface area contributed by atoms with E-state index in [0.717, 1.165) is 0 Å². The second kappa shape index (κ2) is 55.3. The van der Waals surface area contributed by atoms with Gasteiger partial charge in [-0.2, -0.15) is 0 Å². The molecule has 1 aliphatic heterocycles. The lowest BCUT2D eigenvalue weighted by Crippen LogP contribution is -2.65. The number of carbonyl (C=O) groups excluding carboxylic acids is 19. The predicted molar refractivity (Wildman–Crippen MR) is 507 cm³/mol. The minimum Gasteiger partial charge on any atom is -0.508 e. The van der Waals surface area contributed by atoms with Crippen molar-refractivity contribution in [3.05, 3.63) is 114 Å². The molecule has 0 bridgehead atoms. The number of carbonyl (C=O) groups is 20. The minimum atomic E-state index is -2.08. The Hall–Kier alpha value is -13.9. The molecule has 1 aliphatic rings.